The number of benzene rings is 1. The first-order valence-electron chi connectivity index (χ1n) is 5.45. The van der Waals surface area contributed by atoms with Crippen molar-refractivity contribution in [2.24, 2.45) is 0 Å². The fraction of sp³-hybridized carbons (Fsp3) is 0.500. The molecule has 1 fully saturated rings. The average Bonchev–Trinajstić information content (AvgIpc) is 2.59. The first-order chi connectivity index (χ1) is 7.65. The van der Waals surface area contributed by atoms with Gasteiger partial charge in [0.05, 0.1) is 6.10 Å². The van der Waals surface area contributed by atoms with Crippen LogP contribution in [0.1, 0.15) is 18.9 Å². The Labute approximate surface area is 106 Å². The minimum absolute atomic E-state index is 0.287. The van der Waals surface area contributed by atoms with Crippen LogP contribution in [0.15, 0.2) is 18.2 Å². The molecule has 2 unspecified atom stereocenters. The van der Waals surface area contributed by atoms with Crippen molar-refractivity contribution in [1.29, 1.82) is 0 Å². The Balaban J connectivity index is 1.94. The van der Waals surface area contributed by atoms with Gasteiger partial charge in [0.2, 0.25) is 0 Å². The minimum Gasteiger partial charge on any atom is -0.377 e. The maximum absolute atomic E-state index is 5.94. The number of hydrogen-bond donors (Lipinski definition) is 1. The van der Waals surface area contributed by atoms with Crippen molar-refractivity contribution in [2.45, 2.75) is 32.0 Å². The van der Waals surface area contributed by atoms with E-state index >= 15 is 0 Å². The molecule has 2 rings (SSSR count). The lowest BCUT2D eigenvalue weighted by Gasteiger charge is -2.16. The van der Waals surface area contributed by atoms with Gasteiger partial charge in [-0.25, -0.2) is 0 Å². The topological polar surface area (TPSA) is 21.3 Å². The SMILES string of the molecule is CC1OCCC1NCc1cc(Cl)cc(Cl)c1. The van der Waals surface area contributed by atoms with E-state index < -0.39 is 0 Å². The Hall–Kier alpha value is -0.280. The number of nitrogens with one attached hydrogen (secondary N) is 1. The number of hydrogen-bond acceptors (Lipinski definition) is 2. The van der Waals surface area contributed by atoms with Crippen LogP contribution in [0, 0.1) is 0 Å². The van der Waals surface area contributed by atoms with Gasteiger partial charge in [-0.3, -0.25) is 0 Å². The minimum atomic E-state index is 0.287. The monoisotopic (exact) mass is 259 g/mol. The third-order valence-electron chi connectivity index (χ3n) is 2.87. The van der Waals surface area contributed by atoms with E-state index in [0.29, 0.717) is 16.1 Å². The van der Waals surface area contributed by atoms with E-state index in [1.807, 2.05) is 12.1 Å². The van der Waals surface area contributed by atoms with Gasteiger partial charge in [0.15, 0.2) is 0 Å². The largest absolute Gasteiger partial charge is 0.377 e. The maximum Gasteiger partial charge on any atom is 0.0700 e. The number of halogens is 2. The molecule has 1 aliphatic heterocycles. The Morgan fingerprint density at radius 3 is 2.56 bits per heavy atom. The van der Waals surface area contributed by atoms with Crippen molar-refractivity contribution in [3.8, 4) is 0 Å². The summed E-state index contributed by atoms with van der Waals surface area (Å²) in [5.41, 5.74) is 1.11. The van der Waals surface area contributed by atoms with Gasteiger partial charge < -0.3 is 10.1 Å². The van der Waals surface area contributed by atoms with Crippen LogP contribution in [-0.2, 0) is 11.3 Å². The summed E-state index contributed by atoms with van der Waals surface area (Å²) >= 11 is 11.9. The molecule has 16 heavy (non-hydrogen) atoms. The molecule has 2 atom stereocenters. The van der Waals surface area contributed by atoms with Gasteiger partial charge in [-0.05, 0) is 37.1 Å². The molecule has 0 saturated carbocycles. The molecule has 0 aliphatic carbocycles. The first-order valence-corrected chi connectivity index (χ1v) is 6.21. The molecule has 1 aliphatic rings. The standard InChI is InChI=1S/C12H15Cl2NO/c1-8-12(2-3-16-8)15-7-9-4-10(13)6-11(14)5-9/h4-6,8,12,15H,2-3,7H2,1H3. The van der Waals surface area contributed by atoms with Gasteiger partial charge in [0.1, 0.15) is 0 Å². The molecule has 1 aromatic rings. The molecule has 0 bridgehead atoms. The zero-order chi connectivity index (χ0) is 11.5. The summed E-state index contributed by atoms with van der Waals surface area (Å²) in [4.78, 5) is 0. The third kappa shape index (κ3) is 3.11. The van der Waals surface area contributed by atoms with E-state index in [2.05, 4.69) is 12.2 Å². The van der Waals surface area contributed by atoms with Crippen LogP contribution in [-0.4, -0.2) is 18.8 Å². The summed E-state index contributed by atoms with van der Waals surface area (Å²) in [5.74, 6) is 0. The zero-order valence-corrected chi connectivity index (χ0v) is 10.7. The highest BCUT2D eigenvalue weighted by Gasteiger charge is 2.23. The van der Waals surface area contributed by atoms with Gasteiger partial charge in [-0.15, -0.1) is 0 Å². The second kappa shape index (κ2) is 5.37. The van der Waals surface area contributed by atoms with E-state index in [-0.39, 0.29) is 6.10 Å². The summed E-state index contributed by atoms with van der Waals surface area (Å²) in [6.07, 6.45) is 1.35. The average molecular weight is 260 g/mol. The Morgan fingerprint density at radius 2 is 2.00 bits per heavy atom. The molecule has 0 aromatic heterocycles. The lowest BCUT2D eigenvalue weighted by Crippen LogP contribution is -2.34. The molecule has 4 heteroatoms. The molecule has 0 radical (unpaired) electrons. The van der Waals surface area contributed by atoms with E-state index in [0.717, 1.165) is 25.1 Å². The summed E-state index contributed by atoms with van der Waals surface area (Å²) in [6.45, 7) is 3.71. The van der Waals surface area contributed by atoms with Gasteiger partial charge >= 0.3 is 0 Å². The van der Waals surface area contributed by atoms with Crippen LogP contribution in [0.2, 0.25) is 10.0 Å². The van der Waals surface area contributed by atoms with Crippen LogP contribution >= 0.6 is 23.2 Å². The summed E-state index contributed by atoms with van der Waals surface area (Å²) in [6, 6.07) is 6.04. The van der Waals surface area contributed by atoms with Crippen molar-refractivity contribution < 1.29 is 4.74 Å². The van der Waals surface area contributed by atoms with Crippen LogP contribution in [0.3, 0.4) is 0 Å². The van der Waals surface area contributed by atoms with Crippen LogP contribution in [0.4, 0.5) is 0 Å². The molecule has 1 N–H and O–H groups in total. The molecule has 1 saturated heterocycles. The molecule has 1 aromatic carbocycles. The highest BCUT2D eigenvalue weighted by molar-refractivity contribution is 6.34. The predicted molar refractivity (Wildman–Crippen MR) is 67.1 cm³/mol. The van der Waals surface area contributed by atoms with E-state index in [9.17, 15) is 0 Å². The van der Waals surface area contributed by atoms with Gasteiger partial charge in [0.25, 0.3) is 0 Å². The quantitative estimate of drug-likeness (QED) is 0.900. The predicted octanol–water partition coefficient (Wildman–Crippen LogP) is 3.26. The second-order valence-electron chi connectivity index (χ2n) is 4.13. The van der Waals surface area contributed by atoms with Gasteiger partial charge in [0, 0.05) is 29.2 Å². The maximum atomic E-state index is 5.94. The third-order valence-corrected chi connectivity index (χ3v) is 3.30. The molecular weight excluding hydrogens is 245 g/mol. The van der Waals surface area contributed by atoms with Crippen LogP contribution < -0.4 is 5.32 Å². The summed E-state index contributed by atoms with van der Waals surface area (Å²) in [7, 11) is 0. The fourth-order valence-electron chi connectivity index (χ4n) is 1.96. The van der Waals surface area contributed by atoms with E-state index in [1.165, 1.54) is 0 Å². The Morgan fingerprint density at radius 1 is 1.31 bits per heavy atom. The smallest absolute Gasteiger partial charge is 0.0700 e. The van der Waals surface area contributed by atoms with Crippen LogP contribution in [0.25, 0.3) is 0 Å². The number of ether oxygens (including phenoxy) is 1. The van der Waals surface area contributed by atoms with Crippen molar-refractivity contribution in [3.05, 3.63) is 33.8 Å². The van der Waals surface area contributed by atoms with Crippen molar-refractivity contribution in [1.82, 2.24) is 5.32 Å². The summed E-state index contributed by atoms with van der Waals surface area (Å²) < 4.78 is 5.49. The van der Waals surface area contributed by atoms with Crippen molar-refractivity contribution in [2.75, 3.05) is 6.61 Å². The van der Waals surface area contributed by atoms with Gasteiger partial charge in [-0.2, -0.15) is 0 Å². The van der Waals surface area contributed by atoms with E-state index in [1.54, 1.807) is 6.07 Å². The first kappa shape index (κ1) is 12.2. The lowest BCUT2D eigenvalue weighted by molar-refractivity contribution is 0.113. The molecule has 88 valence electrons. The number of rotatable bonds is 3. The normalized spacial score (nSPS) is 24.9. The molecule has 0 spiro atoms. The Bertz CT molecular complexity index is 350. The van der Waals surface area contributed by atoms with E-state index in [4.69, 9.17) is 27.9 Å². The second-order valence-corrected chi connectivity index (χ2v) is 5.00. The highest BCUT2D eigenvalue weighted by Crippen LogP contribution is 2.20. The highest BCUT2D eigenvalue weighted by atomic mass is 35.5. The van der Waals surface area contributed by atoms with Crippen LogP contribution in [0.5, 0.6) is 0 Å². The Kier molecular flexibility index (Phi) is 4.09. The fourth-order valence-corrected chi connectivity index (χ4v) is 2.53. The summed E-state index contributed by atoms with van der Waals surface area (Å²) in [5, 5.41) is 4.82. The van der Waals surface area contributed by atoms with Crippen molar-refractivity contribution >= 4 is 23.2 Å². The molecule has 2 nitrogen and oxygen atoms in total. The van der Waals surface area contributed by atoms with Gasteiger partial charge in [-0.1, -0.05) is 23.2 Å². The van der Waals surface area contributed by atoms with Crippen molar-refractivity contribution in [3.63, 3.8) is 0 Å². The zero-order valence-electron chi connectivity index (χ0n) is 9.17. The molecule has 0 amide bonds. The molecule has 1 heterocycles. The molecular formula is C12H15Cl2NO. The lowest BCUT2D eigenvalue weighted by atomic mass is 10.1.